The second-order valence-corrected chi connectivity index (χ2v) is 11.2. The molecule has 46 heavy (non-hydrogen) atoms. The van der Waals surface area contributed by atoms with Gasteiger partial charge in [0.05, 0.1) is 17.7 Å². The molecule has 0 saturated heterocycles. The zero-order chi connectivity index (χ0) is 33.2. The van der Waals surface area contributed by atoms with Crippen LogP contribution in [0.1, 0.15) is 98.8 Å². The molecule has 0 radical (unpaired) electrons. The van der Waals surface area contributed by atoms with Crippen molar-refractivity contribution in [3.63, 3.8) is 0 Å². The van der Waals surface area contributed by atoms with Crippen molar-refractivity contribution in [3.8, 4) is 22.6 Å². The summed E-state index contributed by atoms with van der Waals surface area (Å²) in [5.41, 5.74) is 2.12. The molecule has 0 aromatic heterocycles. The Kier molecular flexibility index (Phi) is 15.6. The van der Waals surface area contributed by atoms with Crippen LogP contribution in [-0.2, 0) is 9.47 Å². The Bertz CT molecular complexity index is 1300. The van der Waals surface area contributed by atoms with Gasteiger partial charge in [0.15, 0.2) is 6.10 Å². The summed E-state index contributed by atoms with van der Waals surface area (Å²) in [6.07, 6.45) is 2.17. The van der Waals surface area contributed by atoms with Crippen molar-refractivity contribution in [1.29, 1.82) is 0 Å². The average molecular weight is 643 g/mol. The molecule has 0 N–H and O–H groups in total. The Hall–Kier alpha value is -3.85. The van der Waals surface area contributed by atoms with E-state index in [0.29, 0.717) is 18.8 Å². The summed E-state index contributed by atoms with van der Waals surface area (Å²) in [4.78, 5) is 25.1. The van der Waals surface area contributed by atoms with Crippen LogP contribution in [0, 0.1) is 0 Å². The first kappa shape index (κ1) is 36.6. The molecule has 0 bridgehead atoms. The van der Waals surface area contributed by atoms with Gasteiger partial charge in [-0.05, 0) is 85.3 Å². The summed E-state index contributed by atoms with van der Waals surface area (Å²) in [5, 5.41) is 0. The van der Waals surface area contributed by atoms with Gasteiger partial charge in [-0.3, -0.25) is 0 Å². The quantitative estimate of drug-likeness (QED) is 0.0694. The lowest BCUT2D eigenvalue weighted by atomic mass is 10.0. The van der Waals surface area contributed by atoms with Crippen molar-refractivity contribution < 1.29 is 41.7 Å². The van der Waals surface area contributed by atoms with Gasteiger partial charge in [0.25, 0.3) is 0 Å². The molecule has 0 spiro atoms. The summed E-state index contributed by atoms with van der Waals surface area (Å²) in [6.45, 7) is 5.44. The highest BCUT2D eigenvalue weighted by molar-refractivity contribution is 5.92. The molecule has 3 aromatic rings. The number of carbonyl (C=O) groups excluding carboxylic acids is 2. The molecule has 0 fully saturated rings. The molecule has 9 heteroatoms. The Morgan fingerprint density at radius 1 is 0.609 bits per heavy atom. The van der Waals surface area contributed by atoms with Crippen molar-refractivity contribution in [2.24, 2.45) is 0 Å². The third-order valence-electron chi connectivity index (χ3n) is 7.34. The Morgan fingerprint density at radius 2 is 1.15 bits per heavy atom. The molecule has 1 atom stereocenters. The molecular formula is C37H45F3O6. The smallest absolute Gasteiger partial charge is 0.425 e. The SMILES string of the molecule is CCCCCCCCCOc1ccc(-c2ccc(C(=O)Oc3ccc(C(=O)OC(CCCOCCC)C(F)(F)F)cc3)cc2)cc1. The third kappa shape index (κ3) is 12.9. The minimum atomic E-state index is -4.70. The molecule has 6 nitrogen and oxygen atoms in total. The van der Waals surface area contributed by atoms with E-state index in [-0.39, 0.29) is 24.3 Å². The first-order valence-corrected chi connectivity index (χ1v) is 16.2. The first-order chi connectivity index (χ1) is 22.2. The number of ether oxygens (including phenoxy) is 4. The van der Waals surface area contributed by atoms with Gasteiger partial charge < -0.3 is 18.9 Å². The summed E-state index contributed by atoms with van der Waals surface area (Å²) in [5.74, 6) is -0.767. The first-order valence-electron chi connectivity index (χ1n) is 16.2. The maximum Gasteiger partial charge on any atom is 0.425 e. The van der Waals surface area contributed by atoms with Crippen LogP contribution in [0.4, 0.5) is 13.2 Å². The highest BCUT2D eigenvalue weighted by Crippen LogP contribution is 2.28. The van der Waals surface area contributed by atoms with E-state index in [1.807, 2.05) is 43.3 Å². The van der Waals surface area contributed by atoms with E-state index in [2.05, 4.69) is 6.92 Å². The summed E-state index contributed by atoms with van der Waals surface area (Å²) < 4.78 is 61.4. The number of rotatable bonds is 20. The van der Waals surface area contributed by atoms with Crippen molar-refractivity contribution in [2.75, 3.05) is 19.8 Å². The zero-order valence-electron chi connectivity index (χ0n) is 26.8. The van der Waals surface area contributed by atoms with Gasteiger partial charge in [0, 0.05) is 13.2 Å². The number of esters is 2. The van der Waals surface area contributed by atoms with Crippen molar-refractivity contribution in [3.05, 3.63) is 83.9 Å². The second kappa shape index (κ2) is 19.6. The van der Waals surface area contributed by atoms with Crippen LogP contribution in [0.15, 0.2) is 72.8 Å². The molecule has 0 heterocycles. The normalized spacial score (nSPS) is 12.0. The van der Waals surface area contributed by atoms with Gasteiger partial charge in [0.1, 0.15) is 11.5 Å². The summed E-state index contributed by atoms with van der Waals surface area (Å²) in [6, 6.07) is 19.9. The molecular weight excluding hydrogens is 597 g/mol. The van der Waals surface area contributed by atoms with E-state index < -0.39 is 30.6 Å². The molecule has 1 unspecified atom stereocenters. The van der Waals surface area contributed by atoms with Gasteiger partial charge in [0.2, 0.25) is 0 Å². The van der Waals surface area contributed by atoms with Gasteiger partial charge in [-0.1, -0.05) is 76.6 Å². The minimum Gasteiger partial charge on any atom is -0.494 e. The molecule has 3 aromatic carbocycles. The molecule has 0 saturated carbocycles. The lowest BCUT2D eigenvalue weighted by molar-refractivity contribution is -0.206. The van der Waals surface area contributed by atoms with Gasteiger partial charge in [-0.15, -0.1) is 0 Å². The van der Waals surface area contributed by atoms with Crippen molar-refractivity contribution >= 4 is 11.9 Å². The monoisotopic (exact) mass is 642 g/mol. The van der Waals surface area contributed by atoms with Crippen LogP contribution in [0.2, 0.25) is 0 Å². The fraction of sp³-hybridized carbons (Fsp3) is 0.459. The standard InChI is InChI=1S/C37H45F3O6/c1-3-5-6-7-8-9-10-27-44-32-21-17-29(18-22-32)28-13-15-30(16-14-28)35(41)45-33-23-19-31(20-24-33)36(42)46-34(37(38,39)40)12-11-26-43-25-4-2/h13-24,34H,3-12,25-27H2,1-2H3. The van der Waals surface area contributed by atoms with Crippen LogP contribution < -0.4 is 9.47 Å². The highest BCUT2D eigenvalue weighted by Gasteiger charge is 2.42. The number of alkyl halides is 3. The van der Waals surface area contributed by atoms with E-state index >= 15 is 0 Å². The van der Waals surface area contributed by atoms with Crippen LogP contribution in [0.3, 0.4) is 0 Å². The summed E-state index contributed by atoms with van der Waals surface area (Å²) in [7, 11) is 0. The van der Waals surface area contributed by atoms with E-state index in [1.54, 1.807) is 12.1 Å². The zero-order valence-corrected chi connectivity index (χ0v) is 26.8. The maximum absolute atomic E-state index is 13.4. The topological polar surface area (TPSA) is 71.1 Å². The van der Waals surface area contributed by atoms with Crippen LogP contribution >= 0.6 is 0 Å². The summed E-state index contributed by atoms with van der Waals surface area (Å²) >= 11 is 0. The van der Waals surface area contributed by atoms with Crippen molar-refractivity contribution in [2.45, 2.75) is 90.3 Å². The lowest BCUT2D eigenvalue weighted by Crippen LogP contribution is -2.34. The molecule has 250 valence electrons. The Balaban J connectivity index is 1.46. The molecule has 0 aliphatic heterocycles. The lowest BCUT2D eigenvalue weighted by Gasteiger charge is -2.20. The number of benzene rings is 3. The van der Waals surface area contributed by atoms with Gasteiger partial charge >= 0.3 is 18.1 Å². The van der Waals surface area contributed by atoms with Crippen LogP contribution in [0.5, 0.6) is 11.5 Å². The second-order valence-electron chi connectivity index (χ2n) is 11.2. The molecule has 0 aliphatic rings. The Labute approximate surface area is 270 Å². The minimum absolute atomic E-state index is 0.0881. The molecule has 3 rings (SSSR count). The molecule has 0 aliphatic carbocycles. The number of hydrogen-bond donors (Lipinski definition) is 0. The largest absolute Gasteiger partial charge is 0.494 e. The number of carbonyl (C=O) groups is 2. The van der Waals surface area contributed by atoms with Crippen LogP contribution in [0.25, 0.3) is 11.1 Å². The van der Waals surface area contributed by atoms with Gasteiger partial charge in [-0.25, -0.2) is 9.59 Å². The molecule has 0 amide bonds. The average Bonchev–Trinajstić information content (AvgIpc) is 3.05. The van der Waals surface area contributed by atoms with E-state index in [9.17, 15) is 22.8 Å². The number of hydrogen-bond acceptors (Lipinski definition) is 6. The Morgan fingerprint density at radius 3 is 1.76 bits per heavy atom. The van der Waals surface area contributed by atoms with E-state index in [4.69, 9.17) is 18.9 Å². The predicted octanol–water partition coefficient (Wildman–Crippen LogP) is 10.00. The van der Waals surface area contributed by atoms with Crippen molar-refractivity contribution in [1.82, 2.24) is 0 Å². The van der Waals surface area contributed by atoms with Crippen LogP contribution in [-0.4, -0.2) is 44.0 Å². The maximum atomic E-state index is 13.4. The van der Waals surface area contributed by atoms with Gasteiger partial charge in [-0.2, -0.15) is 13.2 Å². The fourth-order valence-electron chi connectivity index (χ4n) is 4.72. The fourth-order valence-corrected chi connectivity index (χ4v) is 4.72. The third-order valence-corrected chi connectivity index (χ3v) is 7.34. The predicted molar refractivity (Wildman–Crippen MR) is 172 cm³/mol. The number of halogens is 3. The highest BCUT2D eigenvalue weighted by atomic mass is 19.4. The van der Waals surface area contributed by atoms with E-state index in [0.717, 1.165) is 29.7 Å². The van der Waals surface area contributed by atoms with E-state index in [1.165, 1.54) is 62.8 Å². The number of unbranched alkanes of at least 4 members (excludes halogenated alkanes) is 6.